The Labute approximate surface area is 224 Å². The van der Waals surface area contributed by atoms with Crippen LogP contribution in [-0.2, 0) is 19.2 Å². The first kappa shape index (κ1) is 26.8. The van der Waals surface area contributed by atoms with Crippen LogP contribution in [0.5, 0.6) is 0 Å². The van der Waals surface area contributed by atoms with Gasteiger partial charge in [-0.15, -0.1) is 23.1 Å². The van der Waals surface area contributed by atoms with Gasteiger partial charge in [0, 0.05) is 16.9 Å². The topological polar surface area (TPSA) is 215 Å². The fraction of sp³-hybridized carbons (Fsp3) is 0.400. The average Bonchev–Trinajstić information content (AvgIpc) is 3.30. The summed E-state index contributed by atoms with van der Waals surface area (Å²) in [6.07, 6.45) is 0.721. The number of amidine groups is 1. The van der Waals surface area contributed by atoms with Gasteiger partial charge in [0.15, 0.2) is 16.0 Å². The number of nitrogens with one attached hydrogen (secondary N) is 1. The van der Waals surface area contributed by atoms with E-state index in [-0.39, 0.29) is 28.0 Å². The summed E-state index contributed by atoms with van der Waals surface area (Å²) in [7, 11) is 1.27. The number of β-lactam (4-membered cyclic amide) rings is 1. The van der Waals surface area contributed by atoms with Gasteiger partial charge in [-0.3, -0.25) is 19.5 Å². The fourth-order valence-corrected chi connectivity index (χ4v) is 6.81. The summed E-state index contributed by atoms with van der Waals surface area (Å²) in [5.41, 5.74) is 13.1. The van der Waals surface area contributed by atoms with Crippen LogP contribution in [0.15, 0.2) is 38.2 Å². The second-order valence-corrected chi connectivity index (χ2v) is 10.9. The highest BCUT2D eigenvalue weighted by atomic mass is 32.2. The Kier molecular flexibility index (Phi) is 7.96. The van der Waals surface area contributed by atoms with Gasteiger partial charge in [-0.05, 0) is 17.6 Å². The van der Waals surface area contributed by atoms with Crippen LogP contribution in [0.2, 0.25) is 0 Å². The number of carboxylic acid groups (broad SMARTS) is 1. The number of oxime groups is 1. The van der Waals surface area contributed by atoms with Crippen LogP contribution in [0, 0.1) is 0 Å². The molecule has 2 atom stereocenters. The molecule has 1 unspecified atom stereocenters. The molecule has 4 heterocycles. The molecule has 1 fully saturated rings. The molecule has 3 aliphatic heterocycles. The lowest BCUT2D eigenvalue weighted by atomic mass is 10.0. The Bertz CT molecular complexity index is 1260. The summed E-state index contributed by atoms with van der Waals surface area (Å²) in [6.45, 7) is 2.40. The summed E-state index contributed by atoms with van der Waals surface area (Å²) in [4.78, 5) is 52.3. The first-order valence-corrected chi connectivity index (χ1v) is 13.8. The van der Waals surface area contributed by atoms with E-state index in [1.807, 2.05) is 6.92 Å². The maximum atomic E-state index is 13.0. The van der Waals surface area contributed by atoms with Gasteiger partial charge >= 0.3 is 5.97 Å². The predicted molar refractivity (Wildman–Crippen MR) is 142 cm³/mol. The Hall–Kier alpha value is -3.28. The van der Waals surface area contributed by atoms with Crippen molar-refractivity contribution in [3.63, 3.8) is 0 Å². The SMILES string of the molecule is CCC1=C(N)N=C(SCC2=C(C(=O)O)N3C(=O)C(NC(=O)/C(=N\OC)c4csc(N)n4)[C@@H]3SC2)N(N)C1. The molecule has 4 rings (SSSR count). The van der Waals surface area contributed by atoms with E-state index in [4.69, 9.17) is 22.1 Å². The molecule has 0 bridgehead atoms. The Balaban J connectivity index is 1.48. The van der Waals surface area contributed by atoms with Crippen LogP contribution in [0.1, 0.15) is 19.0 Å². The third-order valence-corrected chi connectivity index (χ3v) is 8.78. The summed E-state index contributed by atoms with van der Waals surface area (Å²) in [5, 5.41) is 19.4. The quantitative estimate of drug-likeness (QED) is 0.118. The molecule has 14 nitrogen and oxygen atoms in total. The van der Waals surface area contributed by atoms with Crippen molar-refractivity contribution in [3.8, 4) is 0 Å². The molecule has 1 aromatic rings. The lowest BCUT2D eigenvalue weighted by Gasteiger charge is -2.49. The van der Waals surface area contributed by atoms with E-state index in [0.717, 1.165) is 23.3 Å². The number of aliphatic imine (C=N–C) groups is 1. The van der Waals surface area contributed by atoms with Crippen molar-refractivity contribution in [2.24, 2.45) is 21.7 Å². The number of nitrogens with zero attached hydrogens (tertiary/aromatic N) is 5. The molecular formula is C20H25N9O5S3. The van der Waals surface area contributed by atoms with E-state index in [1.165, 1.54) is 45.9 Å². The molecule has 198 valence electrons. The van der Waals surface area contributed by atoms with Crippen molar-refractivity contribution in [2.75, 3.05) is 30.9 Å². The van der Waals surface area contributed by atoms with Gasteiger partial charge in [0.05, 0.1) is 6.54 Å². The third-order valence-electron chi connectivity index (χ3n) is 5.69. The number of nitrogens with two attached hydrogens (primary N) is 3. The second kappa shape index (κ2) is 11.0. The van der Waals surface area contributed by atoms with Gasteiger partial charge < -0.3 is 26.7 Å². The second-order valence-electron chi connectivity index (χ2n) is 7.97. The Morgan fingerprint density at radius 3 is 2.76 bits per heavy atom. The molecule has 0 spiro atoms. The predicted octanol–water partition coefficient (Wildman–Crippen LogP) is -0.327. The Morgan fingerprint density at radius 1 is 1.38 bits per heavy atom. The molecule has 0 aromatic carbocycles. The normalized spacial score (nSPS) is 22.0. The molecule has 1 saturated heterocycles. The first-order chi connectivity index (χ1) is 17.7. The number of hydrazine groups is 1. The molecular weight excluding hydrogens is 542 g/mol. The zero-order valence-electron chi connectivity index (χ0n) is 19.8. The average molecular weight is 568 g/mol. The number of thioether (sulfide) groups is 2. The lowest BCUT2D eigenvalue weighted by Crippen LogP contribution is -2.71. The largest absolute Gasteiger partial charge is 0.477 e. The fourth-order valence-electron chi connectivity index (χ4n) is 3.86. The molecule has 37 heavy (non-hydrogen) atoms. The zero-order valence-corrected chi connectivity index (χ0v) is 22.3. The van der Waals surface area contributed by atoms with Crippen molar-refractivity contribution in [1.29, 1.82) is 0 Å². The highest BCUT2D eigenvalue weighted by molar-refractivity contribution is 8.14. The number of aromatic nitrogens is 1. The van der Waals surface area contributed by atoms with Crippen molar-refractivity contribution in [2.45, 2.75) is 24.8 Å². The Morgan fingerprint density at radius 2 is 2.14 bits per heavy atom. The van der Waals surface area contributed by atoms with Crippen molar-refractivity contribution in [1.82, 2.24) is 20.2 Å². The van der Waals surface area contributed by atoms with Crippen LogP contribution in [0.25, 0.3) is 0 Å². The molecule has 0 saturated carbocycles. The molecule has 1 aromatic heterocycles. The standard InChI is InChI=1S/C20H25N9O5S3/c1-3-8-4-28(23)20(26-14(8)21)37-6-9-5-35-17-12(16(31)29(17)13(9)18(32)33)25-15(30)11(27-34-2)10-7-36-19(22)24-10/h7,12,17H,3-6,21,23H2,1-2H3,(H2,22,24)(H,25,30)(H,32,33)/b27-11-/t12?,17-/m0/s1. The van der Waals surface area contributed by atoms with Crippen LogP contribution < -0.4 is 22.6 Å². The van der Waals surface area contributed by atoms with Crippen LogP contribution in [0.3, 0.4) is 0 Å². The molecule has 0 aliphatic carbocycles. The van der Waals surface area contributed by atoms with Crippen LogP contribution >= 0.6 is 34.9 Å². The number of anilines is 1. The number of hydrogen-bond donors (Lipinski definition) is 5. The summed E-state index contributed by atoms with van der Waals surface area (Å²) < 4.78 is 0. The minimum atomic E-state index is -1.23. The van der Waals surface area contributed by atoms with Crippen molar-refractivity contribution < 1.29 is 24.3 Å². The van der Waals surface area contributed by atoms with Crippen molar-refractivity contribution >= 4 is 68.7 Å². The van der Waals surface area contributed by atoms with E-state index in [2.05, 4.69) is 20.4 Å². The third kappa shape index (κ3) is 5.25. The number of fused-ring (bicyclic) bond motifs is 1. The number of nitrogen functional groups attached to an aromatic ring is 1. The van der Waals surface area contributed by atoms with Crippen molar-refractivity contribution in [3.05, 3.63) is 33.7 Å². The zero-order chi connectivity index (χ0) is 26.9. The molecule has 0 radical (unpaired) electrons. The monoisotopic (exact) mass is 567 g/mol. The van der Waals surface area contributed by atoms with E-state index in [1.54, 1.807) is 0 Å². The van der Waals surface area contributed by atoms with Crippen LogP contribution in [0.4, 0.5) is 5.13 Å². The van der Waals surface area contributed by atoms with Gasteiger partial charge in [-0.25, -0.2) is 20.6 Å². The highest BCUT2D eigenvalue weighted by Crippen LogP contribution is 2.41. The summed E-state index contributed by atoms with van der Waals surface area (Å²) in [5.74, 6) is 4.59. The number of amides is 2. The number of aliphatic carboxylic acids is 1. The molecule has 3 aliphatic rings. The van der Waals surface area contributed by atoms with Gasteiger partial charge in [0.1, 0.15) is 35.7 Å². The summed E-state index contributed by atoms with van der Waals surface area (Å²) >= 11 is 3.71. The van der Waals surface area contributed by atoms with E-state index in [0.29, 0.717) is 28.9 Å². The van der Waals surface area contributed by atoms with Gasteiger partial charge in [0.25, 0.3) is 11.8 Å². The number of rotatable bonds is 8. The smallest absolute Gasteiger partial charge is 0.352 e. The maximum Gasteiger partial charge on any atom is 0.352 e. The van der Waals surface area contributed by atoms with E-state index < -0.39 is 29.2 Å². The maximum absolute atomic E-state index is 13.0. The van der Waals surface area contributed by atoms with E-state index in [9.17, 15) is 19.5 Å². The van der Waals surface area contributed by atoms with Gasteiger partial charge in [-0.2, -0.15) is 0 Å². The van der Waals surface area contributed by atoms with E-state index >= 15 is 0 Å². The number of carboxylic acids is 1. The minimum Gasteiger partial charge on any atom is -0.477 e. The number of hydrogen-bond acceptors (Lipinski definition) is 14. The highest BCUT2D eigenvalue weighted by Gasteiger charge is 2.54. The van der Waals surface area contributed by atoms with Gasteiger partial charge in [0.2, 0.25) is 0 Å². The lowest BCUT2D eigenvalue weighted by molar-refractivity contribution is -0.150. The summed E-state index contributed by atoms with van der Waals surface area (Å²) in [6, 6.07) is -0.946. The minimum absolute atomic E-state index is 0.109. The van der Waals surface area contributed by atoms with Gasteiger partial charge in [-0.1, -0.05) is 23.8 Å². The number of thiazole rings is 1. The first-order valence-electron chi connectivity index (χ1n) is 10.9. The molecule has 2 amide bonds. The molecule has 17 heteroatoms. The van der Waals surface area contributed by atoms with Crippen LogP contribution in [-0.4, -0.2) is 85.2 Å². The number of carbonyl (C=O) groups is 3. The molecule has 8 N–H and O–H groups in total. The number of carbonyl (C=O) groups excluding carboxylic acids is 2.